The van der Waals surface area contributed by atoms with Gasteiger partial charge in [-0.1, -0.05) is 0 Å². The Balaban J connectivity index is 2.42. The van der Waals surface area contributed by atoms with Gasteiger partial charge >= 0.3 is 12.1 Å². The van der Waals surface area contributed by atoms with Crippen molar-refractivity contribution in [1.29, 1.82) is 0 Å². The number of non-ortho nitro benzene ring substituents is 1. The van der Waals surface area contributed by atoms with E-state index in [1.54, 1.807) is 41.5 Å². The van der Waals surface area contributed by atoms with E-state index in [-0.39, 0.29) is 18.7 Å². The van der Waals surface area contributed by atoms with Crippen LogP contribution in [0.15, 0.2) is 24.3 Å². The average Bonchev–Trinajstić information content (AvgIpc) is 2.96. The first-order valence-electron chi connectivity index (χ1n) is 9.34. The molecule has 0 aliphatic carbocycles. The Bertz CT molecular complexity index is 778. The first-order valence-corrected chi connectivity index (χ1v) is 9.34. The smallest absolute Gasteiger partial charge is 0.408 e. The topological polar surface area (TPSA) is 117 Å². The Morgan fingerprint density at radius 2 is 1.66 bits per heavy atom. The van der Waals surface area contributed by atoms with Crippen LogP contribution in [0.2, 0.25) is 0 Å². The molecule has 1 N–H and O–H groups in total. The number of nitro benzene ring substituents is 1. The third kappa shape index (κ3) is 5.66. The molecule has 1 aliphatic heterocycles. The fraction of sp³-hybridized carbons (Fsp3) is 0.600. The van der Waals surface area contributed by atoms with Gasteiger partial charge in [0.2, 0.25) is 0 Å². The van der Waals surface area contributed by atoms with E-state index in [1.807, 2.05) is 0 Å². The van der Waals surface area contributed by atoms with E-state index in [0.29, 0.717) is 5.56 Å². The maximum Gasteiger partial charge on any atom is 0.408 e. The summed E-state index contributed by atoms with van der Waals surface area (Å²) in [6.45, 7) is 10.5. The molecule has 9 heteroatoms. The van der Waals surface area contributed by atoms with Crippen molar-refractivity contribution < 1.29 is 28.7 Å². The molecule has 0 saturated carbocycles. The van der Waals surface area contributed by atoms with Crippen molar-refractivity contribution in [3.8, 4) is 0 Å². The number of alkyl carbamates (subject to hydrolysis) is 1. The quantitative estimate of drug-likeness (QED) is 0.459. The van der Waals surface area contributed by atoms with Crippen molar-refractivity contribution in [2.24, 2.45) is 0 Å². The summed E-state index contributed by atoms with van der Waals surface area (Å²) >= 11 is 0. The lowest BCUT2D eigenvalue weighted by atomic mass is 9.86. The number of rotatable bonds is 4. The molecule has 1 heterocycles. The summed E-state index contributed by atoms with van der Waals surface area (Å²) in [4.78, 5) is 36.1. The minimum atomic E-state index is -1.52. The standard InChI is InChI=1S/C20H28N2O7/c1-18(2,3)28-16(23)20(21-17(24)29-19(4,5)6)11-12-27-15(20)13-7-9-14(10-8-13)22(25)26/h7-10,15H,11-12H2,1-6H3,(H,21,24)/t15-,20+/m1/s1. The van der Waals surface area contributed by atoms with Crippen LogP contribution in [0.3, 0.4) is 0 Å². The summed E-state index contributed by atoms with van der Waals surface area (Å²) in [7, 11) is 0. The Kier molecular flexibility index (Phi) is 6.22. The second kappa shape index (κ2) is 7.98. The normalized spacial score (nSPS) is 22.1. The molecular formula is C20H28N2O7. The molecular weight excluding hydrogens is 380 g/mol. The van der Waals surface area contributed by atoms with Crippen molar-refractivity contribution in [2.75, 3.05) is 6.61 Å². The van der Waals surface area contributed by atoms with Crippen molar-refractivity contribution >= 4 is 17.7 Å². The molecule has 0 spiro atoms. The van der Waals surface area contributed by atoms with Crippen molar-refractivity contribution in [3.05, 3.63) is 39.9 Å². The molecule has 0 bridgehead atoms. The lowest BCUT2D eigenvalue weighted by molar-refractivity contribution is -0.384. The van der Waals surface area contributed by atoms with Gasteiger partial charge in [0.05, 0.1) is 11.5 Å². The Hall–Kier alpha value is -2.68. The predicted molar refractivity (Wildman–Crippen MR) is 104 cm³/mol. The maximum absolute atomic E-state index is 13.2. The Labute approximate surface area is 169 Å². The molecule has 0 radical (unpaired) electrons. The van der Waals surface area contributed by atoms with Crippen molar-refractivity contribution in [1.82, 2.24) is 5.32 Å². The lowest BCUT2D eigenvalue weighted by Crippen LogP contribution is -2.59. The van der Waals surface area contributed by atoms with E-state index >= 15 is 0 Å². The highest BCUT2D eigenvalue weighted by atomic mass is 16.6. The average molecular weight is 408 g/mol. The predicted octanol–water partition coefficient (Wildman–Crippen LogP) is 3.66. The van der Waals surface area contributed by atoms with E-state index in [1.165, 1.54) is 24.3 Å². The highest BCUT2D eigenvalue weighted by Gasteiger charge is 2.55. The second-order valence-electron chi connectivity index (χ2n) is 8.95. The van der Waals surface area contributed by atoms with E-state index < -0.39 is 39.8 Å². The number of hydrogen-bond acceptors (Lipinski definition) is 7. The molecule has 1 aromatic carbocycles. The minimum Gasteiger partial charge on any atom is -0.458 e. The number of nitrogens with one attached hydrogen (secondary N) is 1. The van der Waals surface area contributed by atoms with E-state index in [9.17, 15) is 19.7 Å². The zero-order valence-electron chi connectivity index (χ0n) is 17.6. The number of nitro groups is 1. The lowest BCUT2D eigenvalue weighted by Gasteiger charge is -2.35. The number of amides is 1. The van der Waals surface area contributed by atoms with Crippen molar-refractivity contribution in [2.45, 2.75) is 70.8 Å². The van der Waals surface area contributed by atoms with Crippen LogP contribution in [-0.4, -0.2) is 40.3 Å². The van der Waals surface area contributed by atoms with Gasteiger partial charge in [0.15, 0.2) is 5.54 Å². The zero-order chi connectivity index (χ0) is 22.0. The van der Waals surface area contributed by atoms with Gasteiger partial charge in [0.25, 0.3) is 5.69 Å². The number of ether oxygens (including phenoxy) is 3. The number of hydrogen-bond donors (Lipinski definition) is 1. The van der Waals surface area contributed by atoms with Crippen molar-refractivity contribution in [3.63, 3.8) is 0 Å². The molecule has 9 nitrogen and oxygen atoms in total. The number of benzene rings is 1. The van der Waals surface area contributed by atoms with Crippen LogP contribution in [0.1, 0.15) is 59.6 Å². The first kappa shape index (κ1) is 22.6. The summed E-state index contributed by atoms with van der Waals surface area (Å²) in [6, 6.07) is 5.66. The number of carbonyl (C=O) groups is 2. The van der Waals surface area contributed by atoms with Crippen LogP contribution < -0.4 is 5.32 Å². The molecule has 0 unspecified atom stereocenters. The number of esters is 1. The number of carbonyl (C=O) groups excluding carboxylic acids is 2. The molecule has 2 atom stereocenters. The fourth-order valence-electron chi connectivity index (χ4n) is 3.01. The van der Waals surface area contributed by atoms with E-state index in [2.05, 4.69) is 5.32 Å². The molecule has 1 amide bonds. The van der Waals surface area contributed by atoms with Crippen LogP contribution >= 0.6 is 0 Å². The van der Waals surface area contributed by atoms with Crippen LogP contribution in [-0.2, 0) is 19.0 Å². The molecule has 2 rings (SSSR count). The monoisotopic (exact) mass is 408 g/mol. The van der Waals surface area contributed by atoms with E-state index in [0.717, 1.165) is 0 Å². The Morgan fingerprint density at radius 3 is 2.14 bits per heavy atom. The van der Waals surface area contributed by atoms with Crippen LogP contribution in [0.25, 0.3) is 0 Å². The summed E-state index contributed by atoms with van der Waals surface area (Å²) < 4.78 is 16.7. The van der Waals surface area contributed by atoms with Gasteiger partial charge in [0.1, 0.15) is 17.3 Å². The fourth-order valence-corrected chi connectivity index (χ4v) is 3.01. The van der Waals surface area contributed by atoms with Gasteiger partial charge in [-0.3, -0.25) is 10.1 Å². The summed E-state index contributed by atoms with van der Waals surface area (Å²) in [5.41, 5.74) is -2.65. The van der Waals surface area contributed by atoms with Gasteiger partial charge in [0, 0.05) is 18.6 Å². The molecule has 1 fully saturated rings. The summed E-state index contributed by atoms with van der Waals surface area (Å²) in [6.07, 6.45) is -1.49. The largest absolute Gasteiger partial charge is 0.458 e. The second-order valence-corrected chi connectivity index (χ2v) is 8.95. The molecule has 160 valence electrons. The third-order valence-electron chi connectivity index (χ3n) is 4.12. The van der Waals surface area contributed by atoms with Crippen LogP contribution in [0.5, 0.6) is 0 Å². The van der Waals surface area contributed by atoms with Gasteiger partial charge < -0.3 is 19.5 Å². The molecule has 1 aromatic rings. The third-order valence-corrected chi connectivity index (χ3v) is 4.12. The zero-order valence-corrected chi connectivity index (χ0v) is 17.6. The SMILES string of the molecule is CC(C)(C)OC(=O)N[C@@]1(C(=O)OC(C)(C)C)CCO[C@@H]1c1ccc([N+](=O)[O-])cc1. The molecule has 29 heavy (non-hydrogen) atoms. The van der Waals surface area contributed by atoms with Gasteiger partial charge in [-0.15, -0.1) is 0 Å². The maximum atomic E-state index is 13.2. The first-order chi connectivity index (χ1) is 13.2. The number of nitrogens with zero attached hydrogens (tertiary/aromatic N) is 1. The van der Waals surface area contributed by atoms with Crippen LogP contribution in [0, 0.1) is 10.1 Å². The van der Waals surface area contributed by atoms with E-state index in [4.69, 9.17) is 14.2 Å². The van der Waals surface area contributed by atoms with Gasteiger partial charge in [-0.2, -0.15) is 0 Å². The highest BCUT2D eigenvalue weighted by Crippen LogP contribution is 2.40. The molecule has 1 saturated heterocycles. The molecule has 0 aromatic heterocycles. The summed E-state index contributed by atoms with van der Waals surface area (Å²) in [5, 5.41) is 13.6. The Morgan fingerprint density at radius 1 is 1.10 bits per heavy atom. The summed E-state index contributed by atoms with van der Waals surface area (Å²) in [5.74, 6) is -0.656. The molecule has 1 aliphatic rings. The van der Waals surface area contributed by atoms with Gasteiger partial charge in [-0.25, -0.2) is 9.59 Å². The highest BCUT2D eigenvalue weighted by molar-refractivity contribution is 5.87. The van der Waals surface area contributed by atoms with Crippen LogP contribution in [0.4, 0.5) is 10.5 Å². The van der Waals surface area contributed by atoms with Gasteiger partial charge in [-0.05, 0) is 59.2 Å². The minimum absolute atomic E-state index is 0.0882.